The van der Waals surface area contributed by atoms with Crippen molar-refractivity contribution in [3.63, 3.8) is 0 Å². The van der Waals surface area contributed by atoms with Crippen molar-refractivity contribution in [3.8, 4) is 0 Å². The van der Waals surface area contributed by atoms with Crippen molar-refractivity contribution in [1.82, 2.24) is 0 Å². The van der Waals surface area contributed by atoms with Crippen LogP contribution in [0.1, 0.15) is 77.0 Å². The van der Waals surface area contributed by atoms with Gasteiger partial charge in [-0.1, -0.05) is 19.3 Å². The number of carbonyl (C=O) groups is 2. The number of fused-ring (bicyclic) bond motifs is 2. The van der Waals surface area contributed by atoms with Crippen LogP contribution in [0.3, 0.4) is 0 Å². The molecule has 1 N–H and O–H groups in total. The van der Waals surface area contributed by atoms with Crippen molar-refractivity contribution in [2.75, 3.05) is 0 Å². The number of thioether (sulfide) groups is 1. The third-order valence-electron chi connectivity index (χ3n) is 7.03. The lowest BCUT2D eigenvalue weighted by atomic mass is 9.69. The van der Waals surface area contributed by atoms with Crippen molar-refractivity contribution in [2.24, 2.45) is 11.3 Å². The van der Waals surface area contributed by atoms with Gasteiger partial charge in [0.05, 0.1) is 0 Å². The molecule has 3 unspecified atom stereocenters. The summed E-state index contributed by atoms with van der Waals surface area (Å²) in [5.41, 5.74) is -1.65. The molecule has 0 aromatic carbocycles. The second-order valence-electron chi connectivity index (χ2n) is 8.33. The first-order valence-electron chi connectivity index (χ1n) is 9.68. The first kappa shape index (κ1) is 16.7. The zero-order chi connectivity index (χ0) is 16.8. The maximum atomic E-state index is 13.0. The lowest BCUT2D eigenvalue weighted by Crippen LogP contribution is -2.51. The molecule has 4 nitrogen and oxygen atoms in total. The average molecular weight is 352 g/mol. The predicted molar refractivity (Wildman–Crippen MR) is 93.0 cm³/mol. The van der Waals surface area contributed by atoms with E-state index in [1.54, 1.807) is 0 Å². The van der Waals surface area contributed by atoms with Gasteiger partial charge in [0.15, 0.2) is 5.41 Å². The number of ether oxygens (including phenoxy) is 1. The molecule has 0 amide bonds. The van der Waals surface area contributed by atoms with Crippen LogP contribution in [0.4, 0.5) is 0 Å². The zero-order valence-corrected chi connectivity index (χ0v) is 15.1. The molecule has 2 heterocycles. The Balaban J connectivity index is 1.58. The lowest BCUT2D eigenvalue weighted by molar-refractivity contribution is -0.189. The molecule has 5 heteroatoms. The standard InChI is InChI=1S/C19H28O4S/c20-16(21)18(8-4-5-9-18)17(22)23-19(10-2-1-3-11-19)14-12-13-6-7-15(14)24-13/h13-15H,1-12H2,(H,20,21). The van der Waals surface area contributed by atoms with Crippen LogP contribution in [-0.2, 0) is 14.3 Å². The third kappa shape index (κ3) is 2.58. The van der Waals surface area contributed by atoms with E-state index in [0.717, 1.165) is 50.2 Å². The molecule has 134 valence electrons. The normalized spacial score (nSPS) is 36.6. The summed E-state index contributed by atoms with van der Waals surface area (Å²) < 4.78 is 6.23. The van der Waals surface area contributed by atoms with Crippen LogP contribution < -0.4 is 0 Å². The van der Waals surface area contributed by atoms with Crippen LogP contribution >= 0.6 is 11.8 Å². The SMILES string of the molecule is O=C(O)C1(C(=O)OC2(C3CC4CCC3S4)CCCCC2)CCCC1. The largest absolute Gasteiger partial charge is 0.480 e. The summed E-state index contributed by atoms with van der Waals surface area (Å²) in [6.07, 6.45) is 11.5. The van der Waals surface area contributed by atoms with E-state index in [-0.39, 0.29) is 5.60 Å². The van der Waals surface area contributed by atoms with E-state index in [4.69, 9.17) is 4.74 Å². The number of aliphatic carboxylic acids is 1. The molecule has 2 saturated heterocycles. The Kier molecular flexibility index (Phi) is 4.34. The van der Waals surface area contributed by atoms with Crippen molar-refractivity contribution < 1.29 is 19.4 Å². The smallest absolute Gasteiger partial charge is 0.324 e. The number of carbonyl (C=O) groups excluding carboxylic acids is 1. The molecule has 2 aliphatic carbocycles. The van der Waals surface area contributed by atoms with Crippen LogP contribution in [0.2, 0.25) is 0 Å². The Hall–Kier alpha value is -0.710. The van der Waals surface area contributed by atoms with Gasteiger partial charge in [0.25, 0.3) is 0 Å². The highest BCUT2D eigenvalue weighted by molar-refractivity contribution is 8.01. The fourth-order valence-corrected chi connectivity index (χ4v) is 7.56. The number of hydrogen-bond donors (Lipinski definition) is 1. The van der Waals surface area contributed by atoms with Gasteiger partial charge in [-0.3, -0.25) is 9.59 Å². The Labute approximate surface area is 148 Å². The van der Waals surface area contributed by atoms with Gasteiger partial charge in [0, 0.05) is 16.4 Å². The molecule has 2 saturated carbocycles. The van der Waals surface area contributed by atoms with Crippen LogP contribution in [0.25, 0.3) is 0 Å². The summed E-state index contributed by atoms with van der Waals surface area (Å²) in [7, 11) is 0. The van der Waals surface area contributed by atoms with Gasteiger partial charge in [-0.2, -0.15) is 11.8 Å². The number of rotatable bonds is 4. The van der Waals surface area contributed by atoms with Crippen LogP contribution in [0, 0.1) is 11.3 Å². The highest BCUT2D eigenvalue weighted by Crippen LogP contribution is 2.57. The Bertz CT molecular complexity index is 519. The summed E-state index contributed by atoms with van der Waals surface area (Å²) in [5.74, 6) is -0.960. The van der Waals surface area contributed by atoms with Gasteiger partial charge in [-0.05, 0) is 57.8 Å². The molecule has 0 spiro atoms. The van der Waals surface area contributed by atoms with Crippen LogP contribution in [0.15, 0.2) is 0 Å². The van der Waals surface area contributed by atoms with E-state index < -0.39 is 17.4 Å². The van der Waals surface area contributed by atoms with Gasteiger partial charge in [-0.25, -0.2) is 0 Å². The van der Waals surface area contributed by atoms with Crippen molar-refractivity contribution in [3.05, 3.63) is 0 Å². The molecule has 0 radical (unpaired) electrons. The summed E-state index contributed by atoms with van der Waals surface area (Å²) in [6, 6.07) is 0. The first-order chi connectivity index (χ1) is 11.6. The van der Waals surface area contributed by atoms with Gasteiger partial charge >= 0.3 is 11.9 Å². The molecular formula is C19H28O4S. The van der Waals surface area contributed by atoms with Crippen LogP contribution in [-0.4, -0.2) is 33.1 Å². The molecule has 24 heavy (non-hydrogen) atoms. The Morgan fingerprint density at radius 1 is 0.958 bits per heavy atom. The van der Waals surface area contributed by atoms with E-state index in [1.165, 1.54) is 19.3 Å². The van der Waals surface area contributed by atoms with Crippen molar-refractivity contribution >= 4 is 23.7 Å². The zero-order valence-electron chi connectivity index (χ0n) is 14.3. The van der Waals surface area contributed by atoms with Gasteiger partial charge < -0.3 is 9.84 Å². The van der Waals surface area contributed by atoms with E-state index in [1.807, 2.05) is 0 Å². The average Bonchev–Trinajstić information content (AvgIpc) is 3.32. The van der Waals surface area contributed by atoms with Gasteiger partial charge in [-0.15, -0.1) is 0 Å². The molecule has 4 aliphatic rings. The summed E-state index contributed by atoms with van der Waals surface area (Å²) in [6.45, 7) is 0. The molecule has 2 aliphatic heterocycles. The highest BCUT2D eigenvalue weighted by atomic mass is 32.2. The third-order valence-corrected chi connectivity index (χ3v) is 8.76. The summed E-state index contributed by atoms with van der Waals surface area (Å²) >= 11 is 2.09. The van der Waals surface area contributed by atoms with Gasteiger partial charge in [0.2, 0.25) is 0 Å². The molecule has 3 atom stereocenters. The second-order valence-corrected chi connectivity index (χ2v) is 9.87. The fourth-order valence-electron chi connectivity index (χ4n) is 5.66. The minimum Gasteiger partial charge on any atom is -0.480 e. The van der Waals surface area contributed by atoms with Crippen molar-refractivity contribution in [2.45, 2.75) is 93.2 Å². The number of hydrogen-bond acceptors (Lipinski definition) is 4. The molecule has 0 aromatic rings. The maximum Gasteiger partial charge on any atom is 0.324 e. The molecule has 2 bridgehead atoms. The molecule has 4 fully saturated rings. The van der Waals surface area contributed by atoms with Gasteiger partial charge in [0.1, 0.15) is 5.60 Å². The number of carboxylic acid groups (broad SMARTS) is 1. The Morgan fingerprint density at radius 2 is 1.62 bits per heavy atom. The fraction of sp³-hybridized carbons (Fsp3) is 0.895. The molecule has 4 rings (SSSR count). The number of esters is 1. The molecule has 0 aromatic heterocycles. The lowest BCUT2D eigenvalue weighted by Gasteiger charge is -2.45. The van der Waals surface area contributed by atoms with E-state index in [0.29, 0.717) is 24.0 Å². The first-order valence-corrected chi connectivity index (χ1v) is 10.6. The van der Waals surface area contributed by atoms with Crippen molar-refractivity contribution in [1.29, 1.82) is 0 Å². The highest BCUT2D eigenvalue weighted by Gasteiger charge is 2.57. The van der Waals surface area contributed by atoms with E-state index in [2.05, 4.69) is 11.8 Å². The predicted octanol–water partition coefficient (Wildman–Crippen LogP) is 4.16. The van der Waals surface area contributed by atoms with E-state index in [9.17, 15) is 14.7 Å². The summed E-state index contributed by atoms with van der Waals surface area (Å²) in [5, 5.41) is 11.1. The van der Waals surface area contributed by atoms with Crippen LogP contribution in [0.5, 0.6) is 0 Å². The molecular weight excluding hydrogens is 324 g/mol. The van der Waals surface area contributed by atoms with E-state index >= 15 is 0 Å². The minimum atomic E-state index is -1.27. The Morgan fingerprint density at radius 3 is 2.17 bits per heavy atom. The topological polar surface area (TPSA) is 63.6 Å². The second kappa shape index (κ2) is 6.22. The number of carboxylic acids is 1. The quantitative estimate of drug-likeness (QED) is 0.608. The minimum absolute atomic E-state index is 0.382. The maximum absolute atomic E-state index is 13.0. The summed E-state index contributed by atoms with van der Waals surface area (Å²) in [4.78, 5) is 24.9. The monoisotopic (exact) mass is 352 g/mol.